The van der Waals surface area contributed by atoms with E-state index in [0.717, 1.165) is 23.9 Å². The summed E-state index contributed by atoms with van der Waals surface area (Å²) >= 11 is 0. The summed E-state index contributed by atoms with van der Waals surface area (Å²) in [5.41, 5.74) is 1.16. The number of rotatable bonds is 2. The number of aryl methyl sites for hydroxylation is 1. The number of hydrogen-bond acceptors (Lipinski definition) is 3. The summed E-state index contributed by atoms with van der Waals surface area (Å²) in [6.07, 6.45) is 6.32. The zero-order valence-corrected chi connectivity index (χ0v) is 9.25. The van der Waals surface area contributed by atoms with Crippen molar-refractivity contribution in [2.75, 3.05) is 6.54 Å². The van der Waals surface area contributed by atoms with E-state index in [1.165, 1.54) is 32.1 Å². The van der Waals surface area contributed by atoms with Crippen LogP contribution in [0.25, 0.3) is 0 Å². The molecule has 1 N–H and O–H groups in total. The van der Waals surface area contributed by atoms with Crippen molar-refractivity contribution in [3.63, 3.8) is 0 Å². The second-order valence-electron chi connectivity index (χ2n) is 4.77. The minimum absolute atomic E-state index is 0.447. The third kappa shape index (κ3) is 1.59. The van der Waals surface area contributed by atoms with Crippen LogP contribution in [0.15, 0.2) is 4.42 Å². The molecule has 1 atom stereocenters. The SMILES string of the molecule is Cc1oc(C2CCC2)nc1C1CCCN1. The zero-order valence-electron chi connectivity index (χ0n) is 9.25. The molecule has 3 heteroatoms. The molecule has 0 spiro atoms. The summed E-state index contributed by atoms with van der Waals surface area (Å²) in [7, 11) is 0. The van der Waals surface area contributed by atoms with Crippen molar-refractivity contribution in [3.05, 3.63) is 17.3 Å². The Morgan fingerprint density at radius 1 is 1.27 bits per heavy atom. The predicted molar refractivity (Wildman–Crippen MR) is 57.8 cm³/mol. The lowest BCUT2D eigenvalue weighted by molar-refractivity contribution is 0.329. The number of aromatic nitrogens is 1. The Morgan fingerprint density at radius 2 is 2.13 bits per heavy atom. The van der Waals surface area contributed by atoms with Crippen molar-refractivity contribution in [3.8, 4) is 0 Å². The first kappa shape index (κ1) is 9.40. The molecule has 82 valence electrons. The molecule has 1 saturated carbocycles. The van der Waals surface area contributed by atoms with Crippen molar-refractivity contribution in [1.29, 1.82) is 0 Å². The normalized spacial score (nSPS) is 26.9. The van der Waals surface area contributed by atoms with E-state index in [1.807, 2.05) is 6.92 Å². The molecule has 2 fully saturated rings. The molecule has 2 heterocycles. The van der Waals surface area contributed by atoms with Crippen LogP contribution in [0, 0.1) is 6.92 Å². The van der Waals surface area contributed by atoms with Crippen molar-refractivity contribution < 1.29 is 4.42 Å². The Hall–Kier alpha value is -0.830. The van der Waals surface area contributed by atoms with Gasteiger partial charge in [-0.25, -0.2) is 4.98 Å². The fraction of sp³-hybridized carbons (Fsp3) is 0.750. The highest BCUT2D eigenvalue weighted by Crippen LogP contribution is 2.37. The predicted octanol–water partition coefficient (Wildman–Crippen LogP) is 2.68. The van der Waals surface area contributed by atoms with Gasteiger partial charge in [0.15, 0.2) is 5.89 Å². The molecule has 1 saturated heterocycles. The Bertz CT molecular complexity index is 349. The van der Waals surface area contributed by atoms with Gasteiger partial charge in [-0.2, -0.15) is 0 Å². The second-order valence-corrected chi connectivity index (χ2v) is 4.77. The molecule has 1 aliphatic heterocycles. The third-order valence-corrected chi connectivity index (χ3v) is 3.69. The van der Waals surface area contributed by atoms with E-state index in [0.29, 0.717) is 12.0 Å². The number of oxazole rings is 1. The maximum absolute atomic E-state index is 5.78. The van der Waals surface area contributed by atoms with Crippen molar-refractivity contribution >= 4 is 0 Å². The van der Waals surface area contributed by atoms with Gasteiger partial charge in [-0.05, 0) is 39.2 Å². The van der Waals surface area contributed by atoms with Gasteiger partial charge in [0.05, 0.1) is 11.7 Å². The Morgan fingerprint density at radius 3 is 2.73 bits per heavy atom. The highest BCUT2D eigenvalue weighted by Gasteiger charge is 2.28. The molecule has 1 unspecified atom stereocenters. The molecule has 0 bridgehead atoms. The quantitative estimate of drug-likeness (QED) is 0.808. The van der Waals surface area contributed by atoms with Crippen LogP contribution in [0.5, 0.6) is 0 Å². The average molecular weight is 206 g/mol. The van der Waals surface area contributed by atoms with Gasteiger partial charge in [0, 0.05) is 5.92 Å². The van der Waals surface area contributed by atoms with Gasteiger partial charge in [-0.3, -0.25) is 0 Å². The first-order valence-electron chi connectivity index (χ1n) is 6.05. The molecule has 1 aliphatic carbocycles. The minimum Gasteiger partial charge on any atom is -0.445 e. The lowest BCUT2D eigenvalue weighted by atomic mass is 9.85. The van der Waals surface area contributed by atoms with E-state index >= 15 is 0 Å². The third-order valence-electron chi connectivity index (χ3n) is 3.69. The molecule has 3 rings (SSSR count). The smallest absolute Gasteiger partial charge is 0.197 e. The van der Waals surface area contributed by atoms with Crippen LogP contribution >= 0.6 is 0 Å². The summed E-state index contributed by atoms with van der Waals surface area (Å²) in [5, 5.41) is 3.48. The number of hydrogen-bond donors (Lipinski definition) is 1. The van der Waals surface area contributed by atoms with E-state index in [2.05, 4.69) is 10.3 Å². The van der Waals surface area contributed by atoms with Crippen LogP contribution in [-0.2, 0) is 0 Å². The van der Waals surface area contributed by atoms with Gasteiger partial charge in [-0.15, -0.1) is 0 Å². The first-order chi connectivity index (χ1) is 7.34. The lowest BCUT2D eigenvalue weighted by Crippen LogP contribution is -2.14. The topological polar surface area (TPSA) is 38.1 Å². The van der Waals surface area contributed by atoms with Gasteiger partial charge in [-0.1, -0.05) is 6.42 Å². The molecule has 2 aliphatic rings. The fourth-order valence-corrected chi connectivity index (χ4v) is 2.50. The largest absolute Gasteiger partial charge is 0.445 e. The van der Waals surface area contributed by atoms with E-state index in [4.69, 9.17) is 4.42 Å². The van der Waals surface area contributed by atoms with Crippen molar-refractivity contribution in [2.24, 2.45) is 0 Å². The van der Waals surface area contributed by atoms with E-state index in [9.17, 15) is 0 Å². The second kappa shape index (κ2) is 3.63. The molecule has 0 aromatic carbocycles. The molecule has 0 amide bonds. The molecular weight excluding hydrogens is 188 g/mol. The summed E-state index contributed by atoms with van der Waals surface area (Å²) < 4.78 is 5.78. The molecule has 1 aromatic heterocycles. The Kier molecular flexibility index (Phi) is 2.28. The van der Waals surface area contributed by atoms with Crippen LogP contribution in [0.3, 0.4) is 0 Å². The van der Waals surface area contributed by atoms with E-state index in [1.54, 1.807) is 0 Å². The van der Waals surface area contributed by atoms with Crippen LogP contribution in [0.4, 0.5) is 0 Å². The first-order valence-corrected chi connectivity index (χ1v) is 6.05. The molecule has 1 aromatic rings. The number of nitrogens with zero attached hydrogens (tertiary/aromatic N) is 1. The minimum atomic E-state index is 0.447. The summed E-state index contributed by atoms with van der Waals surface area (Å²) in [4.78, 5) is 4.68. The lowest BCUT2D eigenvalue weighted by Gasteiger charge is -2.21. The van der Waals surface area contributed by atoms with Crippen molar-refractivity contribution in [2.45, 2.75) is 51.0 Å². The average Bonchev–Trinajstić information content (AvgIpc) is 2.70. The summed E-state index contributed by atoms with van der Waals surface area (Å²) in [6.45, 7) is 3.17. The van der Waals surface area contributed by atoms with Gasteiger partial charge < -0.3 is 9.73 Å². The molecular formula is C12H18N2O. The standard InChI is InChI=1S/C12H18N2O/c1-8-11(10-6-3-7-13-10)14-12(15-8)9-4-2-5-9/h9-10,13H,2-7H2,1H3. The maximum atomic E-state index is 5.78. The maximum Gasteiger partial charge on any atom is 0.197 e. The van der Waals surface area contributed by atoms with Crippen molar-refractivity contribution in [1.82, 2.24) is 10.3 Å². The van der Waals surface area contributed by atoms with Crippen LogP contribution in [-0.4, -0.2) is 11.5 Å². The highest BCUT2D eigenvalue weighted by molar-refractivity contribution is 5.16. The highest BCUT2D eigenvalue weighted by atomic mass is 16.4. The van der Waals surface area contributed by atoms with Crippen LogP contribution < -0.4 is 5.32 Å². The Balaban J connectivity index is 1.84. The van der Waals surface area contributed by atoms with Gasteiger partial charge in [0.1, 0.15) is 5.76 Å². The monoisotopic (exact) mass is 206 g/mol. The van der Waals surface area contributed by atoms with Crippen LogP contribution in [0.2, 0.25) is 0 Å². The summed E-state index contributed by atoms with van der Waals surface area (Å²) in [6, 6.07) is 0.447. The van der Waals surface area contributed by atoms with E-state index in [-0.39, 0.29) is 0 Å². The van der Waals surface area contributed by atoms with E-state index < -0.39 is 0 Å². The van der Waals surface area contributed by atoms with Gasteiger partial charge in [0.2, 0.25) is 0 Å². The number of nitrogens with one attached hydrogen (secondary N) is 1. The Labute approximate surface area is 90.3 Å². The zero-order chi connectivity index (χ0) is 10.3. The van der Waals surface area contributed by atoms with Gasteiger partial charge >= 0.3 is 0 Å². The van der Waals surface area contributed by atoms with Gasteiger partial charge in [0.25, 0.3) is 0 Å². The summed E-state index contributed by atoms with van der Waals surface area (Å²) in [5.74, 6) is 2.62. The molecule has 0 radical (unpaired) electrons. The molecule has 3 nitrogen and oxygen atoms in total. The fourth-order valence-electron chi connectivity index (χ4n) is 2.50. The van der Waals surface area contributed by atoms with Crippen LogP contribution in [0.1, 0.15) is 61.4 Å². The molecule has 15 heavy (non-hydrogen) atoms.